The predicted molar refractivity (Wildman–Crippen MR) is 81.7 cm³/mol. The number of hydrogen-bond acceptors (Lipinski definition) is 2. The van der Waals surface area contributed by atoms with E-state index in [9.17, 15) is 9.59 Å². The molecular formula is C18H20O2. The van der Waals surface area contributed by atoms with Gasteiger partial charge < -0.3 is 9.59 Å². The molecule has 0 N–H and O–H groups in total. The summed E-state index contributed by atoms with van der Waals surface area (Å²) in [5.41, 5.74) is 2.46. The number of aldehydes is 2. The molecule has 0 aromatic heterocycles. The molecule has 0 aliphatic rings. The van der Waals surface area contributed by atoms with Crippen molar-refractivity contribution in [3.05, 3.63) is 71.8 Å². The van der Waals surface area contributed by atoms with Crippen LogP contribution >= 0.6 is 0 Å². The summed E-state index contributed by atoms with van der Waals surface area (Å²) in [7, 11) is 0. The lowest BCUT2D eigenvalue weighted by Gasteiger charge is -1.93. The van der Waals surface area contributed by atoms with Crippen LogP contribution < -0.4 is 0 Å². The topological polar surface area (TPSA) is 34.1 Å². The average Bonchev–Trinajstić information content (AvgIpc) is 2.53. The fourth-order valence-electron chi connectivity index (χ4n) is 1.74. The van der Waals surface area contributed by atoms with E-state index in [-0.39, 0.29) is 0 Å². The van der Waals surface area contributed by atoms with Crippen LogP contribution in [0.1, 0.15) is 24.0 Å². The Balaban J connectivity index is 0.000000200. The Kier molecular flexibility index (Phi) is 8.46. The highest BCUT2D eigenvalue weighted by molar-refractivity contribution is 5.50. The van der Waals surface area contributed by atoms with E-state index < -0.39 is 0 Å². The lowest BCUT2D eigenvalue weighted by molar-refractivity contribution is -0.108. The summed E-state index contributed by atoms with van der Waals surface area (Å²) >= 11 is 0. The van der Waals surface area contributed by atoms with Gasteiger partial charge in [-0.25, -0.2) is 0 Å². The first-order valence-electron chi connectivity index (χ1n) is 6.82. The van der Waals surface area contributed by atoms with Crippen LogP contribution in [0, 0.1) is 0 Å². The van der Waals surface area contributed by atoms with Crippen LogP contribution in [0.25, 0.3) is 0 Å². The quantitative estimate of drug-likeness (QED) is 0.750. The largest absolute Gasteiger partial charge is 0.303 e. The first-order chi connectivity index (χ1) is 9.86. The molecule has 0 atom stereocenters. The zero-order valence-electron chi connectivity index (χ0n) is 11.6. The van der Waals surface area contributed by atoms with E-state index in [2.05, 4.69) is 0 Å². The second kappa shape index (κ2) is 10.7. The van der Waals surface area contributed by atoms with Gasteiger partial charge in [-0.15, -0.1) is 0 Å². The number of benzene rings is 2. The van der Waals surface area contributed by atoms with Gasteiger partial charge in [-0.3, -0.25) is 0 Å². The number of hydrogen-bond donors (Lipinski definition) is 0. The van der Waals surface area contributed by atoms with Crippen molar-refractivity contribution in [3.63, 3.8) is 0 Å². The minimum Gasteiger partial charge on any atom is -0.303 e. The maximum Gasteiger partial charge on any atom is 0.120 e. The van der Waals surface area contributed by atoms with Crippen LogP contribution in [0.4, 0.5) is 0 Å². The molecule has 0 fully saturated rings. The van der Waals surface area contributed by atoms with Crippen molar-refractivity contribution in [2.75, 3.05) is 0 Å². The van der Waals surface area contributed by atoms with Crippen molar-refractivity contribution in [2.45, 2.75) is 25.7 Å². The monoisotopic (exact) mass is 268 g/mol. The third-order valence-corrected chi connectivity index (χ3v) is 2.79. The Morgan fingerprint density at radius 3 is 1.25 bits per heavy atom. The van der Waals surface area contributed by atoms with Crippen molar-refractivity contribution in [2.24, 2.45) is 0 Å². The molecule has 0 aliphatic carbocycles. The summed E-state index contributed by atoms with van der Waals surface area (Å²) in [6.07, 6.45) is 4.89. The Labute approximate surface area is 120 Å². The molecule has 2 nitrogen and oxygen atoms in total. The first-order valence-corrected chi connectivity index (χ1v) is 6.82. The van der Waals surface area contributed by atoms with Gasteiger partial charge in [0.05, 0.1) is 0 Å². The van der Waals surface area contributed by atoms with E-state index in [1.807, 2.05) is 60.7 Å². The molecule has 2 aromatic rings. The second-order valence-corrected chi connectivity index (χ2v) is 4.38. The smallest absolute Gasteiger partial charge is 0.120 e. The first kappa shape index (κ1) is 15.8. The molecule has 0 saturated carbocycles. The zero-order valence-corrected chi connectivity index (χ0v) is 11.6. The van der Waals surface area contributed by atoms with Crippen molar-refractivity contribution in [3.8, 4) is 0 Å². The van der Waals surface area contributed by atoms with Crippen LogP contribution in [-0.2, 0) is 22.4 Å². The Morgan fingerprint density at radius 2 is 0.950 bits per heavy atom. The van der Waals surface area contributed by atoms with Crippen molar-refractivity contribution in [1.29, 1.82) is 0 Å². The molecule has 2 heteroatoms. The third-order valence-electron chi connectivity index (χ3n) is 2.79. The Morgan fingerprint density at radius 1 is 0.600 bits per heavy atom. The molecule has 0 aliphatic heterocycles. The fraction of sp³-hybridized carbons (Fsp3) is 0.222. The van der Waals surface area contributed by atoms with Gasteiger partial charge in [-0.2, -0.15) is 0 Å². The molecule has 0 radical (unpaired) electrons. The molecule has 0 bridgehead atoms. The molecule has 0 saturated heterocycles. The van der Waals surface area contributed by atoms with Crippen LogP contribution in [-0.4, -0.2) is 12.6 Å². The van der Waals surface area contributed by atoms with Crippen molar-refractivity contribution < 1.29 is 9.59 Å². The Hall–Kier alpha value is -2.22. The van der Waals surface area contributed by atoms with Gasteiger partial charge in [0.15, 0.2) is 0 Å². The van der Waals surface area contributed by atoms with Gasteiger partial charge in [0.1, 0.15) is 12.6 Å². The van der Waals surface area contributed by atoms with E-state index in [1.165, 1.54) is 11.1 Å². The van der Waals surface area contributed by atoms with E-state index in [0.29, 0.717) is 12.8 Å². The minimum absolute atomic E-state index is 0.629. The lowest BCUT2D eigenvalue weighted by Crippen LogP contribution is -1.83. The zero-order chi connectivity index (χ0) is 14.5. The Bertz CT molecular complexity index is 430. The summed E-state index contributed by atoms with van der Waals surface area (Å²) in [5.74, 6) is 0. The normalized spacial score (nSPS) is 9.20. The van der Waals surface area contributed by atoms with Crippen LogP contribution in [0.15, 0.2) is 60.7 Å². The standard InChI is InChI=1S/2C9H10O/c2*10-8-4-7-9-5-2-1-3-6-9/h2*1-3,5-6,8H,4,7H2. The highest BCUT2D eigenvalue weighted by Gasteiger charge is 1.88. The summed E-state index contributed by atoms with van der Waals surface area (Å²) in [4.78, 5) is 20.0. The highest BCUT2D eigenvalue weighted by Crippen LogP contribution is 2.00. The molecule has 0 spiro atoms. The van der Waals surface area contributed by atoms with Crippen LogP contribution in [0.5, 0.6) is 0 Å². The van der Waals surface area contributed by atoms with E-state index >= 15 is 0 Å². The molecule has 2 rings (SSSR count). The SMILES string of the molecule is O=CCCc1ccccc1.O=CCCc1ccccc1. The predicted octanol–water partition coefficient (Wildman–Crippen LogP) is 3.64. The maximum absolute atomic E-state index is 9.98. The van der Waals surface area contributed by atoms with E-state index in [4.69, 9.17) is 0 Å². The van der Waals surface area contributed by atoms with E-state index in [0.717, 1.165) is 25.4 Å². The van der Waals surface area contributed by atoms with Crippen molar-refractivity contribution in [1.82, 2.24) is 0 Å². The molecule has 104 valence electrons. The van der Waals surface area contributed by atoms with Gasteiger partial charge >= 0.3 is 0 Å². The minimum atomic E-state index is 0.629. The maximum atomic E-state index is 9.98. The fourth-order valence-corrected chi connectivity index (χ4v) is 1.74. The van der Waals surface area contributed by atoms with Crippen LogP contribution in [0.2, 0.25) is 0 Å². The number of carbonyl (C=O) groups excluding carboxylic acids is 2. The molecule has 0 unspecified atom stereocenters. The summed E-state index contributed by atoms with van der Waals surface area (Å²) in [6, 6.07) is 20.0. The molecule has 20 heavy (non-hydrogen) atoms. The van der Waals surface area contributed by atoms with Gasteiger partial charge in [0.2, 0.25) is 0 Å². The summed E-state index contributed by atoms with van der Waals surface area (Å²) < 4.78 is 0. The molecular weight excluding hydrogens is 248 g/mol. The molecule has 0 amide bonds. The van der Waals surface area contributed by atoms with E-state index in [1.54, 1.807) is 0 Å². The lowest BCUT2D eigenvalue weighted by atomic mass is 10.1. The van der Waals surface area contributed by atoms with Gasteiger partial charge in [-0.05, 0) is 24.0 Å². The third kappa shape index (κ3) is 7.27. The number of rotatable bonds is 6. The average molecular weight is 268 g/mol. The summed E-state index contributed by atoms with van der Waals surface area (Å²) in [5, 5.41) is 0. The molecule has 0 heterocycles. The van der Waals surface area contributed by atoms with Crippen LogP contribution in [0.3, 0.4) is 0 Å². The highest BCUT2D eigenvalue weighted by atomic mass is 16.1. The van der Waals surface area contributed by atoms with Gasteiger partial charge in [-0.1, -0.05) is 60.7 Å². The van der Waals surface area contributed by atoms with Crippen molar-refractivity contribution >= 4 is 12.6 Å². The second-order valence-electron chi connectivity index (χ2n) is 4.38. The summed E-state index contributed by atoms with van der Waals surface area (Å²) in [6.45, 7) is 0. The van der Waals surface area contributed by atoms with Gasteiger partial charge in [0, 0.05) is 12.8 Å². The number of aryl methyl sites for hydroxylation is 2. The van der Waals surface area contributed by atoms with Gasteiger partial charge in [0.25, 0.3) is 0 Å². The molecule has 2 aromatic carbocycles. The number of carbonyl (C=O) groups is 2.